The second kappa shape index (κ2) is 4.90. The van der Waals surface area contributed by atoms with E-state index in [1.54, 1.807) is 0 Å². The molecule has 7 heteroatoms. The number of hydrogen-bond donors (Lipinski definition) is 0. The summed E-state index contributed by atoms with van der Waals surface area (Å²) < 4.78 is 34.1. The molecule has 0 aromatic carbocycles. The molecular weight excluding hydrogens is 155 g/mol. The summed E-state index contributed by atoms with van der Waals surface area (Å²) in [6, 6.07) is 0. The molecule has 0 aliphatic carbocycles. The minimum absolute atomic E-state index is 0. The first kappa shape index (κ1) is 15.7. The molecular formula is H2AlO4S2+. The van der Waals surface area contributed by atoms with E-state index in [-0.39, 0.29) is 30.9 Å². The van der Waals surface area contributed by atoms with Crippen LogP contribution in [0.5, 0.6) is 0 Å². The average molecular weight is 157 g/mol. The summed E-state index contributed by atoms with van der Waals surface area (Å²) in [6.07, 6.45) is 0. The fraction of sp³-hybridized carbons (Fsp3) is 0. The monoisotopic (exact) mass is 157 g/mol. The molecule has 0 aromatic heterocycles. The third-order valence-electron chi connectivity index (χ3n) is 0. The molecule has 0 spiro atoms. The van der Waals surface area contributed by atoms with Gasteiger partial charge >= 0.3 is 17.4 Å². The Morgan fingerprint density at radius 2 is 1.14 bits per heavy atom. The molecule has 0 amide bonds. The standard InChI is InChI=1S/Al.H2O4S.H2S/c;1-5(2,3)4;/h;(H2,1,2,3,4);1H2/q+3;;/p-2. The summed E-state index contributed by atoms with van der Waals surface area (Å²) in [5, 5.41) is 0. The van der Waals surface area contributed by atoms with Crippen molar-refractivity contribution in [3.8, 4) is 0 Å². The third-order valence-corrected chi connectivity index (χ3v) is 0. The van der Waals surface area contributed by atoms with E-state index >= 15 is 0 Å². The Labute approximate surface area is 59.1 Å². The second-order valence-electron chi connectivity index (χ2n) is 0.408. The normalized spacial score (nSPS) is 8.29. The van der Waals surface area contributed by atoms with E-state index in [9.17, 15) is 0 Å². The van der Waals surface area contributed by atoms with Crippen molar-refractivity contribution in [1.29, 1.82) is 0 Å². The van der Waals surface area contributed by atoms with Crippen molar-refractivity contribution in [3.05, 3.63) is 0 Å². The molecule has 7 heavy (non-hydrogen) atoms. The first-order valence-electron chi connectivity index (χ1n) is 0.667. The van der Waals surface area contributed by atoms with Crippen LogP contribution in [0.25, 0.3) is 0 Å². The molecule has 0 aliphatic rings. The van der Waals surface area contributed by atoms with Crippen molar-refractivity contribution in [2.75, 3.05) is 0 Å². The maximum atomic E-state index is 8.52. The van der Waals surface area contributed by atoms with Gasteiger partial charge in [0.2, 0.25) is 0 Å². The van der Waals surface area contributed by atoms with E-state index in [1.807, 2.05) is 0 Å². The first-order valence-corrected chi connectivity index (χ1v) is 2.00. The van der Waals surface area contributed by atoms with E-state index in [1.165, 1.54) is 0 Å². The molecule has 0 bridgehead atoms. The van der Waals surface area contributed by atoms with Gasteiger partial charge in [-0.15, -0.1) is 0 Å². The molecule has 0 atom stereocenters. The van der Waals surface area contributed by atoms with Crippen LogP contribution < -0.4 is 0 Å². The topological polar surface area (TPSA) is 80.3 Å². The van der Waals surface area contributed by atoms with Crippen LogP contribution in [0.4, 0.5) is 0 Å². The molecule has 0 saturated carbocycles. The van der Waals surface area contributed by atoms with Gasteiger partial charge in [-0.05, 0) is 0 Å². The van der Waals surface area contributed by atoms with Crippen molar-refractivity contribution in [1.82, 2.24) is 0 Å². The smallest absolute Gasteiger partial charge is 0.759 e. The van der Waals surface area contributed by atoms with Crippen molar-refractivity contribution in [3.63, 3.8) is 0 Å². The van der Waals surface area contributed by atoms with Gasteiger partial charge in [0.15, 0.2) is 0 Å². The van der Waals surface area contributed by atoms with E-state index in [0.717, 1.165) is 0 Å². The summed E-state index contributed by atoms with van der Waals surface area (Å²) in [4.78, 5) is 0. The molecule has 4 nitrogen and oxygen atoms in total. The summed E-state index contributed by atoms with van der Waals surface area (Å²) in [7, 11) is -5.17. The Morgan fingerprint density at radius 3 is 1.14 bits per heavy atom. The van der Waals surface area contributed by atoms with Crippen molar-refractivity contribution < 1.29 is 17.5 Å². The van der Waals surface area contributed by atoms with Crippen molar-refractivity contribution in [2.24, 2.45) is 0 Å². The zero-order valence-electron chi connectivity index (χ0n) is 3.12. The van der Waals surface area contributed by atoms with Gasteiger partial charge in [-0.1, -0.05) is 0 Å². The molecule has 0 radical (unpaired) electrons. The molecule has 0 rings (SSSR count). The van der Waals surface area contributed by atoms with Crippen LogP contribution in [0.3, 0.4) is 0 Å². The predicted octanol–water partition coefficient (Wildman–Crippen LogP) is -1.61. The van der Waals surface area contributed by atoms with Crippen LogP contribution in [-0.2, 0) is 10.4 Å². The van der Waals surface area contributed by atoms with Gasteiger partial charge in [-0.2, -0.15) is 13.5 Å². The van der Waals surface area contributed by atoms with Crippen LogP contribution in [0, 0.1) is 0 Å². The molecule has 0 aliphatic heterocycles. The van der Waals surface area contributed by atoms with Gasteiger partial charge in [0, 0.05) is 10.4 Å². The van der Waals surface area contributed by atoms with E-state index in [4.69, 9.17) is 17.5 Å². The van der Waals surface area contributed by atoms with Gasteiger partial charge in [0.1, 0.15) is 0 Å². The number of rotatable bonds is 0. The summed E-state index contributed by atoms with van der Waals surface area (Å²) in [5.74, 6) is 0. The van der Waals surface area contributed by atoms with E-state index in [0.29, 0.717) is 0 Å². The van der Waals surface area contributed by atoms with Gasteiger partial charge in [0.05, 0.1) is 0 Å². The van der Waals surface area contributed by atoms with Crippen LogP contribution >= 0.6 is 13.5 Å². The molecule has 0 N–H and O–H groups in total. The largest absolute Gasteiger partial charge is 3.00 e. The van der Waals surface area contributed by atoms with Crippen LogP contribution in [0.1, 0.15) is 0 Å². The Kier molecular flexibility index (Phi) is 11.0. The molecule has 0 heterocycles. The van der Waals surface area contributed by atoms with Crippen molar-refractivity contribution in [2.45, 2.75) is 0 Å². The van der Waals surface area contributed by atoms with Crippen LogP contribution in [0.15, 0.2) is 0 Å². The minimum Gasteiger partial charge on any atom is -0.759 e. The van der Waals surface area contributed by atoms with Crippen LogP contribution in [0.2, 0.25) is 0 Å². The van der Waals surface area contributed by atoms with Gasteiger partial charge < -0.3 is 9.11 Å². The Morgan fingerprint density at radius 1 is 1.14 bits per heavy atom. The fourth-order valence-corrected chi connectivity index (χ4v) is 0. The van der Waals surface area contributed by atoms with Gasteiger partial charge in [-0.3, -0.25) is 8.42 Å². The Hall–Kier alpha value is 0.752. The fourth-order valence-electron chi connectivity index (χ4n) is 0. The summed E-state index contributed by atoms with van der Waals surface area (Å²) >= 11 is 0. The van der Waals surface area contributed by atoms with E-state index < -0.39 is 10.4 Å². The van der Waals surface area contributed by atoms with Gasteiger partial charge in [-0.25, -0.2) is 0 Å². The average Bonchev–Trinajstić information content (AvgIpc) is 0.722. The maximum absolute atomic E-state index is 8.52. The molecule has 0 unspecified atom stereocenters. The SMILES string of the molecule is O=S(=O)([O-])[O-].S.[Al+3]. The molecule has 0 saturated heterocycles. The second-order valence-corrected chi connectivity index (χ2v) is 1.22. The quantitative estimate of drug-likeness (QED) is 0.241. The predicted molar refractivity (Wildman–Crippen MR) is 26.6 cm³/mol. The van der Waals surface area contributed by atoms with E-state index in [2.05, 4.69) is 0 Å². The summed E-state index contributed by atoms with van der Waals surface area (Å²) in [5.41, 5.74) is 0. The minimum atomic E-state index is -5.17. The summed E-state index contributed by atoms with van der Waals surface area (Å²) in [6.45, 7) is 0. The maximum Gasteiger partial charge on any atom is 3.00 e. The third kappa shape index (κ3) is 269. The zero-order valence-corrected chi connectivity index (χ0v) is 6.09. The molecule has 0 aromatic rings. The first-order chi connectivity index (χ1) is 2.00. The van der Waals surface area contributed by atoms with Gasteiger partial charge in [0.25, 0.3) is 0 Å². The Bertz CT molecular complexity index is 92.9. The Balaban J connectivity index is -0.0000000800. The van der Waals surface area contributed by atoms with Crippen molar-refractivity contribution >= 4 is 41.3 Å². The molecule has 0 fully saturated rings. The number of hydrogen-bond acceptors (Lipinski definition) is 4. The van der Waals surface area contributed by atoms with Crippen LogP contribution in [-0.4, -0.2) is 34.9 Å². The molecule has 40 valence electrons. The zero-order chi connectivity index (χ0) is 4.50.